The van der Waals surface area contributed by atoms with Crippen LogP contribution in [0.15, 0.2) is 37.5 Å². The second-order valence-electron chi connectivity index (χ2n) is 2.97. The van der Waals surface area contributed by atoms with E-state index in [0.29, 0.717) is 0 Å². The zero-order valence-corrected chi connectivity index (χ0v) is 15.1. The first kappa shape index (κ1) is 19.1. The molecule has 0 bridgehead atoms. The van der Waals surface area contributed by atoms with Crippen LogP contribution in [0.3, 0.4) is 0 Å². The number of nitrogens with two attached hydrogens (primary N) is 2. The van der Waals surface area contributed by atoms with Crippen LogP contribution in [0.1, 0.15) is 0 Å². The van der Waals surface area contributed by atoms with Crippen LogP contribution in [0.2, 0.25) is 0 Å². The molecule has 0 saturated carbocycles. The summed E-state index contributed by atoms with van der Waals surface area (Å²) in [6.07, 6.45) is 4.37. The molecule has 18 heavy (non-hydrogen) atoms. The van der Waals surface area contributed by atoms with Crippen molar-refractivity contribution < 1.29 is 9.85 Å². The van der Waals surface area contributed by atoms with E-state index in [1.165, 1.54) is 12.2 Å². The van der Waals surface area contributed by atoms with Crippen molar-refractivity contribution >= 4 is 26.2 Å². The Balaban J connectivity index is 0. The summed E-state index contributed by atoms with van der Waals surface area (Å²) in [5.41, 5.74) is 2.61. The van der Waals surface area contributed by atoms with Crippen molar-refractivity contribution in [1.29, 1.82) is 0 Å². The van der Waals surface area contributed by atoms with Gasteiger partial charge in [0.05, 0.1) is 6.08 Å². The van der Waals surface area contributed by atoms with Gasteiger partial charge >= 0.3 is 31.9 Å². The fourth-order valence-corrected chi connectivity index (χ4v) is 1.30. The van der Waals surface area contributed by atoms with Crippen LogP contribution in [0.25, 0.3) is 0 Å². The molecule has 9 nitrogen and oxygen atoms in total. The maximum absolute atomic E-state index is 10.8. The number of rotatable bonds is 3. The molecule has 10 heteroatoms. The number of nitro groups is 2. The monoisotopic (exact) mass is 455 g/mol. The van der Waals surface area contributed by atoms with E-state index in [2.05, 4.69) is 13.2 Å². The predicted octanol–water partition coefficient (Wildman–Crippen LogP) is -1.90. The van der Waals surface area contributed by atoms with Gasteiger partial charge in [0.2, 0.25) is 5.66 Å². The summed E-state index contributed by atoms with van der Waals surface area (Å²) >= 11 is 0. The summed E-state index contributed by atoms with van der Waals surface area (Å²) < 4.78 is 0. The molecule has 0 aliphatic heterocycles. The molecule has 1 atom stereocenters. The van der Waals surface area contributed by atoms with Gasteiger partial charge in [-0.05, 0) is 6.08 Å². The van der Waals surface area contributed by atoms with Crippen LogP contribution in [0, 0.1) is 20.2 Å². The summed E-state index contributed by atoms with van der Waals surface area (Å²) in [5.74, 6) is 5.02. The molecule has 0 heterocycles. The van der Waals surface area contributed by atoms with Crippen LogP contribution >= 0.6 is 0 Å². The van der Waals surface area contributed by atoms with E-state index < -0.39 is 21.2 Å². The summed E-state index contributed by atoms with van der Waals surface area (Å²) in [6, 6.07) is 0. The van der Waals surface area contributed by atoms with E-state index in [0.717, 1.165) is 12.2 Å². The quantitative estimate of drug-likeness (QED) is 0.112. The van der Waals surface area contributed by atoms with Gasteiger partial charge in [-0.15, -0.1) is 13.2 Å². The van der Waals surface area contributed by atoms with Crippen molar-refractivity contribution in [3.8, 4) is 0 Å². The van der Waals surface area contributed by atoms with E-state index in [9.17, 15) is 20.2 Å². The van der Waals surface area contributed by atoms with Gasteiger partial charge in [-0.3, -0.25) is 31.8 Å². The molecular weight excluding hydrogens is 439 g/mol. The molecule has 0 aromatic carbocycles. The molecule has 1 aliphatic rings. The van der Waals surface area contributed by atoms with Crippen molar-refractivity contribution in [2.45, 2.75) is 11.3 Å². The van der Waals surface area contributed by atoms with Crippen LogP contribution in [0.4, 0.5) is 0 Å². The molecule has 0 saturated heterocycles. The number of nitrogens with zero attached hydrogens (tertiary/aromatic N) is 2. The molecule has 0 aromatic heterocycles. The molecular formula is C8H16BiN5O4. The molecule has 102 valence electrons. The fraction of sp³-hybridized carbons (Fsp3) is 0.250. The van der Waals surface area contributed by atoms with Gasteiger partial charge in [0, 0.05) is 0 Å². The SMILES string of the molecule is C=C.NNC1(N)C=CC=CC1([N+](=O)[O-])[N+](=O)[O-].[BiH3]. The van der Waals surface area contributed by atoms with Crippen molar-refractivity contribution in [1.82, 2.24) is 5.43 Å². The topological polar surface area (TPSA) is 150 Å². The number of allylic oxidation sites excluding steroid dienone is 2. The third kappa shape index (κ3) is 2.78. The third-order valence-corrected chi connectivity index (χ3v) is 2.20. The molecule has 0 spiro atoms. The average Bonchev–Trinajstić information content (AvgIpc) is 2.31. The summed E-state index contributed by atoms with van der Waals surface area (Å²) in [5, 5.41) is 21.6. The minimum absolute atomic E-state index is 0. The van der Waals surface area contributed by atoms with E-state index in [-0.39, 0.29) is 26.2 Å². The molecule has 1 rings (SSSR count). The summed E-state index contributed by atoms with van der Waals surface area (Å²) in [7, 11) is 0. The number of nitrogens with one attached hydrogen (secondary N) is 1. The molecule has 0 radical (unpaired) electrons. The Morgan fingerprint density at radius 2 is 1.50 bits per heavy atom. The normalized spacial score (nSPS) is 23.2. The molecule has 0 fully saturated rings. The van der Waals surface area contributed by atoms with Crippen LogP contribution in [0.5, 0.6) is 0 Å². The molecule has 0 aromatic rings. The van der Waals surface area contributed by atoms with Crippen molar-refractivity contribution in [3.63, 3.8) is 0 Å². The van der Waals surface area contributed by atoms with E-state index in [4.69, 9.17) is 11.6 Å². The van der Waals surface area contributed by atoms with Crippen molar-refractivity contribution in [2.24, 2.45) is 11.6 Å². The van der Waals surface area contributed by atoms with Gasteiger partial charge in [-0.25, -0.2) is 5.43 Å². The van der Waals surface area contributed by atoms with Crippen LogP contribution < -0.4 is 17.0 Å². The molecule has 1 aliphatic carbocycles. The first-order valence-corrected chi connectivity index (χ1v) is 4.33. The van der Waals surface area contributed by atoms with Gasteiger partial charge in [-0.2, -0.15) is 0 Å². The Labute approximate surface area is 122 Å². The fourth-order valence-electron chi connectivity index (χ4n) is 1.30. The van der Waals surface area contributed by atoms with E-state index in [1.807, 2.05) is 5.43 Å². The molecule has 0 amide bonds. The zero-order valence-electron chi connectivity index (χ0n) is 9.61. The van der Waals surface area contributed by atoms with Gasteiger partial charge in [0.1, 0.15) is 9.85 Å². The number of hydrogen-bond acceptors (Lipinski definition) is 7. The van der Waals surface area contributed by atoms with Gasteiger partial charge in [0.15, 0.2) is 0 Å². The van der Waals surface area contributed by atoms with Crippen LogP contribution in [-0.4, -0.2) is 47.4 Å². The van der Waals surface area contributed by atoms with E-state index >= 15 is 0 Å². The van der Waals surface area contributed by atoms with Gasteiger partial charge in [0.25, 0.3) is 0 Å². The van der Waals surface area contributed by atoms with Crippen molar-refractivity contribution in [2.75, 3.05) is 0 Å². The number of hydrazine groups is 1. The Morgan fingerprint density at radius 3 is 1.78 bits per heavy atom. The Kier molecular flexibility index (Phi) is 7.73. The second kappa shape index (κ2) is 7.27. The average molecular weight is 455 g/mol. The summed E-state index contributed by atoms with van der Waals surface area (Å²) in [4.78, 5) is 19.4. The Hall–Kier alpha value is -1.22. The van der Waals surface area contributed by atoms with Gasteiger partial charge < -0.3 is 0 Å². The van der Waals surface area contributed by atoms with Crippen molar-refractivity contribution in [3.05, 3.63) is 57.7 Å². The first-order chi connectivity index (χ1) is 7.90. The third-order valence-electron chi connectivity index (χ3n) is 2.20. The first-order valence-electron chi connectivity index (χ1n) is 4.33. The maximum atomic E-state index is 10.8. The zero-order chi connectivity index (χ0) is 13.7. The molecule has 1 unspecified atom stereocenters. The second-order valence-corrected chi connectivity index (χ2v) is 2.97. The summed E-state index contributed by atoms with van der Waals surface area (Å²) in [6.45, 7) is 6.00. The minimum atomic E-state index is -2.70. The predicted molar refractivity (Wildman–Crippen MR) is 70.4 cm³/mol. The Bertz CT molecular complexity index is 372. The molecule has 5 N–H and O–H groups in total. The van der Waals surface area contributed by atoms with E-state index in [1.54, 1.807) is 0 Å². The number of hydrogen-bond donors (Lipinski definition) is 3. The van der Waals surface area contributed by atoms with Gasteiger partial charge in [-0.1, -0.05) is 12.2 Å². The van der Waals surface area contributed by atoms with Crippen LogP contribution in [-0.2, 0) is 0 Å². The standard InChI is InChI=1S/C6H9N5O4.C2H4.Bi.3H/c7-5(9-8)3-1-2-4-6(5,10(12)13)11(14)15;1-2;;;;/h1-4,9H,7-8H2;1-2H2;;;;. The Morgan fingerprint density at radius 1 is 1.11 bits per heavy atom.